The minimum absolute atomic E-state index is 0.242. The molecule has 1 amide bonds. The Labute approximate surface area is 110 Å². The molecule has 0 spiro atoms. The van der Waals surface area contributed by atoms with Gasteiger partial charge in [0.2, 0.25) is 5.91 Å². The first-order chi connectivity index (χ1) is 8.63. The Balaban J connectivity index is 2.35. The third kappa shape index (κ3) is 5.20. The summed E-state index contributed by atoms with van der Waals surface area (Å²) >= 11 is 1.61. The third-order valence-corrected chi connectivity index (χ3v) is 2.97. The standard InChI is InChI=1S/C12H15NO4S/c1-18-10-5-3-2-4-9(10)6-13-11(14)7-17-8-12(15)16/h2-5H,6-8H2,1H3,(H,13,14)(H,15,16). The lowest BCUT2D eigenvalue weighted by Gasteiger charge is -2.08. The van der Waals surface area contributed by atoms with Gasteiger partial charge in [-0.1, -0.05) is 18.2 Å². The van der Waals surface area contributed by atoms with Crippen LogP contribution in [0.25, 0.3) is 0 Å². The second-order valence-electron chi connectivity index (χ2n) is 3.48. The van der Waals surface area contributed by atoms with Crippen LogP contribution >= 0.6 is 11.8 Å². The Morgan fingerprint density at radius 1 is 1.33 bits per heavy atom. The Hall–Kier alpha value is -1.53. The lowest BCUT2D eigenvalue weighted by atomic mass is 10.2. The van der Waals surface area contributed by atoms with Gasteiger partial charge in [0.1, 0.15) is 13.2 Å². The third-order valence-electron chi connectivity index (χ3n) is 2.13. The van der Waals surface area contributed by atoms with E-state index in [2.05, 4.69) is 10.1 Å². The van der Waals surface area contributed by atoms with E-state index < -0.39 is 12.6 Å². The summed E-state index contributed by atoms with van der Waals surface area (Å²) in [5, 5.41) is 11.0. The van der Waals surface area contributed by atoms with Crippen LogP contribution in [0, 0.1) is 0 Å². The van der Waals surface area contributed by atoms with Crippen molar-refractivity contribution in [3.8, 4) is 0 Å². The molecule has 0 aliphatic heterocycles. The zero-order chi connectivity index (χ0) is 13.4. The highest BCUT2D eigenvalue weighted by molar-refractivity contribution is 7.98. The van der Waals surface area contributed by atoms with E-state index in [1.807, 2.05) is 30.5 Å². The van der Waals surface area contributed by atoms with Crippen molar-refractivity contribution in [2.75, 3.05) is 19.5 Å². The van der Waals surface area contributed by atoms with Gasteiger partial charge in [-0.25, -0.2) is 4.79 Å². The summed E-state index contributed by atoms with van der Waals surface area (Å²) in [7, 11) is 0. The molecule has 2 N–H and O–H groups in total. The molecule has 0 aliphatic carbocycles. The number of nitrogens with one attached hydrogen (secondary N) is 1. The number of amides is 1. The van der Waals surface area contributed by atoms with Crippen molar-refractivity contribution in [1.29, 1.82) is 0 Å². The highest BCUT2D eigenvalue weighted by Gasteiger charge is 2.05. The summed E-state index contributed by atoms with van der Waals surface area (Å²) in [6.07, 6.45) is 1.97. The number of aliphatic carboxylic acids is 1. The van der Waals surface area contributed by atoms with Crippen LogP contribution in [-0.2, 0) is 20.9 Å². The Morgan fingerprint density at radius 3 is 2.72 bits per heavy atom. The summed E-state index contributed by atoms with van der Waals surface area (Å²) < 4.78 is 4.69. The average molecular weight is 269 g/mol. The molecular formula is C12H15NO4S. The van der Waals surface area contributed by atoms with Crippen LogP contribution in [-0.4, -0.2) is 36.5 Å². The number of carboxylic acids is 1. The van der Waals surface area contributed by atoms with E-state index in [9.17, 15) is 9.59 Å². The molecule has 0 fully saturated rings. The van der Waals surface area contributed by atoms with Crippen LogP contribution < -0.4 is 5.32 Å². The van der Waals surface area contributed by atoms with E-state index in [0.717, 1.165) is 10.5 Å². The van der Waals surface area contributed by atoms with Gasteiger partial charge in [0.25, 0.3) is 0 Å². The van der Waals surface area contributed by atoms with Gasteiger partial charge in [0.15, 0.2) is 0 Å². The number of ether oxygens (including phenoxy) is 1. The number of carbonyl (C=O) groups is 2. The minimum Gasteiger partial charge on any atom is -0.480 e. The molecule has 98 valence electrons. The van der Waals surface area contributed by atoms with E-state index in [1.54, 1.807) is 11.8 Å². The van der Waals surface area contributed by atoms with Crippen molar-refractivity contribution >= 4 is 23.6 Å². The summed E-state index contributed by atoms with van der Waals surface area (Å²) in [6.45, 7) is -0.297. The molecule has 0 bridgehead atoms. The first-order valence-corrected chi connectivity index (χ1v) is 6.54. The van der Waals surface area contributed by atoms with Gasteiger partial charge in [-0.3, -0.25) is 4.79 Å². The minimum atomic E-state index is -1.09. The molecule has 0 aliphatic rings. The lowest BCUT2D eigenvalue weighted by Crippen LogP contribution is -2.28. The molecule has 18 heavy (non-hydrogen) atoms. The van der Waals surface area contributed by atoms with Gasteiger partial charge in [-0.2, -0.15) is 0 Å². The summed E-state index contributed by atoms with van der Waals surface area (Å²) in [4.78, 5) is 22.6. The summed E-state index contributed by atoms with van der Waals surface area (Å²) in [5.41, 5.74) is 1.02. The molecular weight excluding hydrogens is 254 g/mol. The topological polar surface area (TPSA) is 75.6 Å². The maximum Gasteiger partial charge on any atom is 0.329 e. The zero-order valence-corrected chi connectivity index (χ0v) is 10.8. The van der Waals surface area contributed by atoms with Crippen LogP contribution in [0.1, 0.15) is 5.56 Å². The van der Waals surface area contributed by atoms with Gasteiger partial charge in [0, 0.05) is 11.4 Å². The van der Waals surface area contributed by atoms with Crippen LogP contribution in [0.15, 0.2) is 29.2 Å². The normalized spacial score (nSPS) is 10.1. The highest BCUT2D eigenvalue weighted by Crippen LogP contribution is 2.19. The van der Waals surface area contributed by atoms with Crippen molar-refractivity contribution in [2.45, 2.75) is 11.4 Å². The highest BCUT2D eigenvalue weighted by atomic mass is 32.2. The fourth-order valence-corrected chi connectivity index (χ4v) is 1.94. The number of rotatable bonds is 7. The van der Waals surface area contributed by atoms with E-state index >= 15 is 0 Å². The maximum atomic E-state index is 11.4. The van der Waals surface area contributed by atoms with Crippen LogP contribution in [0.2, 0.25) is 0 Å². The quantitative estimate of drug-likeness (QED) is 0.726. The molecule has 1 aromatic rings. The van der Waals surface area contributed by atoms with Crippen molar-refractivity contribution in [3.05, 3.63) is 29.8 Å². The first-order valence-electron chi connectivity index (χ1n) is 5.31. The molecule has 1 aromatic carbocycles. The molecule has 5 nitrogen and oxygen atoms in total. The van der Waals surface area contributed by atoms with Crippen molar-refractivity contribution < 1.29 is 19.4 Å². The average Bonchev–Trinajstić information content (AvgIpc) is 2.36. The van der Waals surface area contributed by atoms with Gasteiger partial charge in [-0.05, 0) is 17.9 Å². The number of benzene rings is 1. The van der Waals surface area contributed by atoms with Gasteiger partial charge >= 0.3 is 5.97 Å². The molecule has 0 atom stereocenters. The summed E-state index contributed by atoms with van der Waals surface area (Å²) in [6, 6.07) is 7.76. The van der Waals surface area contributed by atoms with E-state index in [-0.39, 0.29) is 12.5 Å². The maximum absolute atomic E-state index is 11.4. The second kappa shape index (κ2) is 7.73. The predicted molar refractivity (Wildman–Crippen MR) is 68.5 cm³/mol. The SMILES string of the molecule is CSc1ccccc1CNC(=O)COCC(=O)O. The van der Waals surface area contributed by atoms with E-state index in [4.69, 9.17) is 5.11 Å². The molecule has 0 saturated heterocycles. The molecule has 6 heteroatoms. The van der Waals surface area contributed by atoms with Gasteiger partial charge in [-0.15, -0.1) is 11.8 Å². The first kappa shape index (κ1) is 14.5. The smallest absolute Gasteiger partial charge is 0.329 e. The Bertz CT molecular complexity index is 422. The summed E-state index contributed by atoms with van der Waals surface area (Å²) in [5.74, 6) is -1.41. The second-order valence-corrected chi connectivity index (χ2v) is 4.32. The fourth-order valence-electron chi connectivity index (χ4n) is 1.32. The number of thioether (sulfide) groups is 1. The van der Waals surface area contributed by atoms with Crippen LogP contribution in [0.3, 0.4) is 0 Å². The Kier molecular flexibility index (Phi) is 6.24. The van der Waals surface area contributed by atoms with Crippen LogP contribution in [0.4, 0.5) is 0 Å². The predicted octanol–water partition coefficient (Wildman–Crippen LogP) is 1.13. The molecule has 0 radical (unpaired) electrons. The molecule has 0 saturated carbocycles. The van der Waals surface area contributed by atoms with Crippen molar-refractivity contribution in [2.24, 2.45) is 0 Å². The molecule has 0 heterocycles. The van der Waals surface area contributed by atoms with Crippen molar-refractivity contribution in [1.82, 2.24) is 5.32 Å². The number of hydrogen-bond donors (Lipinski definition) is 2. The fraction of sp³-hybridized carbons (Fsp3) is 0.333. The molecule has 0 aromatic heterocycles. The monoisotopic (exact) mass is 269 g/mol. The molecule has 1 rings (SSSR count). The van der Waals surface area contributed by atoms with Crippen molar-refractivity contribution in [3.63, 3.8) is 0 Å². The van der Waals surface area contributed by atoms with E-state index in [0.29, 0.717) is 6.54 Å². The molecule has 0 unspecified atom stereocenters. The lowest BCUT2D eigenvalue weighted by molar-refractivity contribution is -0.143. The number of carbonyl (C=O) groups excluding carboxylic acids is 1. The van der Waals surface area contributed by atoms with Gasteiger partial charge < -0.3 is 15.2 Å². The number of hydrogen-bond acceptors (Lipinski definition) is 4. The number of carboxylic acid groups (broad SMARTS) is 1. The van der Waals surface area contributed by atoms with Gasteiger partial charge in [0.05, 0.1) is 0 Å². The Morgan fingerprint density at radius 2 is 2.06 bits per heavy atom. The largest absolute Gasteiger partial charge is 0.480 e. The zero-order valence-electron chi connectivity index (χ0n) is 10.0. The van der Waals surface area contributed by atoms with E-state index in [1.165, 1.54) is 0 Å². The van der Waals surface area contributed by atoms with Crippen LogP contribution in [0.5, 0.6) is 0 Å².